The normalized spacial score (nSPS) is 11.3. The van der Waals surface area contributed by atoms with Crippen LogP contribution in [0.2, 0.25) is 19.6 Å². The van der Waals surface area contributed by atoms with Crippen LogP contribution in [0.1, 0.15) is 0 Å². The van der Waals surface area contributed by atoms with Gasteiger partial charge in [-0.3, -0.25) is 10.1 Å². The minimum Gasteiger partial charge on any atom is -0.491 e. The van der Waals surface area contributed by atoms with Gasteiger partial charge >= 0.3 is 0 Å². The summed E-state index contributed by atoms with van der Waals surface area (Å²) >= 11 is 0. The van der Waals surface area contributed by atoms with E-state index in [1.54, 1.807) is 12.1 Å². The first-order valence-corrected chi connectivity index (χ1v) is 9.88. The third-order valence-electron chi connectivity index (χ3n) is 2.31. The Bertz CT molecular complexity index is 416. The largest absolute Gasteiger partial charge is 0.491 e. The van der Waals surface area contributed by atoms with Gasteiger partial charge in [-0.05, 0) is 31.8 Å². The van der Waals surface area contributed by atoms with E-state index in [9.17, 15) is 10.1 Å². The standard InChI is InChI=1S/C13H21NO5Si/c1-20(2,3)19-11-9-17-8-10-18-13-6-4-12(5-7-13)14(15)16/h4-7H,8-11H2,1-3H3. The number of hydrogen-bond acceptors (Lipinski definition) is 5. The second-order valence-electron chi connectivity index (χ2n) is 5.17. The lowest BCUT2D eigenvalue weighted by Crippen LogP contribution is -2.27. The molecule has 0 saturated carbocycles. The molecular weight excluding hydrogens is 278 g/mol. The van der Waals surface area contributed by atoms with E-state index in [0.717, 1.165) is 0 Å². The molecule has 0 atom stereocenters. The van der Waals surface area contributed by atoms with Crippen LogP contribution in [0.25, 0.3) is 0 Å². The number of hydrogen-bond donors (Lipinski definition) is 0. The zero-order valence-corrected chi connectivity index (χ0v) is 13.1. The quantitative estimate of drug-likeness (QED) is 0.303. The molecule has 0 N–H and O–H groups in total. The predicted octanol–water partition coefficient (Wildman–Crippen LogP) is 2.84. The molecule has 20 heavy (non-hydrogen) atoms. The molecule has 0 aliphatic carbocycles. The van der Waals surface area contributed by atoms with Gasteiger partial charge in [0.25, 0.3) is 5.69 Å². The third-order valence-corrected chi connectivity index (χ3v) is 3.38. The van der Waals surface area contributed by atoms with Crippen molar-refractivity contribution in [1.29, 1.82) is 0 Å². The van der Waals surface area contributed by atoms with Crippen LogP contribution < -0.4 is 4.74 Å². The number of benzene rings is 1. The molecule has 112 valence electrons. The number of rotatable bonds is 9. The van der Waals surface area contributed by atoms with Gasteiger partial charge < -0.3 is 13.9 Å². The molecule has 0 heterocycles. The Balaban J connectivity index is 2.11. The fourth-order valence-electron chi connectivity index (χ4n) is 1.39. The highest BCUT2D eigenvalue weighted by molar-refractivity contribution is 6.69. The maximum atomic E-state index is 10.5. The van der Waals surface area contributed by atoms with Crippen LogP contribution in [0.3, 0.4) is 0 Å². The molecule has 0 bridgehead atoms. The summed E-state index contributed by atoms with van der Waals surface area (Å²) in [5, 5.41) is 10.5. The molecule has 1 aromatic carbocycles. The molecule has 6 nitrogen and oxygen atoms in total. The van der Waals surface area contributed by atoms with Crippen LogP contribution in [0.15, 0.2) is 24.3 Å². The van der Waals surface area contributed by atoms with Crippen molar-refractivity contribution in [3.05, 3.63) is 34.4 Å². The number of non-ortho nitro benzene ring substituents is 1. The summed E-state index contributed by atoms with van der Waals surface area (Å²) in [6, 6.07) is 5.98. The molecule has 1 rings (SSSR count). The van der Waals surface area contributed by atoms with E-state index in [4.69, 9.17) is 13.9 Å². The van der Waals surface area contributed by atoms with E-state index >= 15 is 0 Å². The molecule has 0 aromatic heterocycles. The van der Waals surface area contributed by atoms with Crippen molar-refractivity contribution in [2.24, 2.45) is 0 Å². The number of ether oxygens (including phenoxy) is 2. The molecule has 7 heteroatoms. The van der Waals surface area contributed by atoms with E-state index in [0.29, 0.717) is 32.2 Å². The van der Waals surface area contributed by atoms with Crippen LogP contribution in [0.4, 0.5) is 5.69 Å². The lowest BCUT2D eigenvalue weighted by Gasteiger charge is -2.16. The molecule has 0 spiro atoms. The SMILES string of the molecule is C[Si](C)(C)OCCOCCOc1ccc([N+](=O)[O-])cc1. The van der Waals surface area contributed by atoms with Gasteiger partial charge in [0.1, 0.15) is 12.4 Å². The molecule has 0 radical (unpaired) electrons. The maximum absolute atomic E-state index is 10.5. The third kappa shape index (κ3) is 7.22. The minimum absolute atomic E-state index is 0.0529. The fraction of sp³-hybridized carbons (Fsp3) is 0.538. The summed E-state index contributed by atoms with van der Waals surface area (Å²) in [6.45, 7) is 8.41. The molecule has 0 aliphatic rings. The number of nitro groups is 1. The second kappa shape index (κ2) is 7.98. The van der Waals surface area contributed by atoms with Crippen LogP contribution in [-0.4, -0.2) is 39.7 Å². The highest BCUT2D eigenvalue weighted by Gasteiger charge is 2.13. The molecule has 0 unspecified atom stereocenters. The van der Waals surface area contributed by atoms with Gasteiger partial charge in [-0.2, -0.15) is 0 Å². The Hall–Kier alpha value is -1.44. The van der Waals surface area contributed by atoms with Crippen LogP contribution in [-0.2, 0) is 9.16 Å². The van der Waals surface area contributed by atoms with Crippen LogP contribution in [0.5, 0.6) is 5.75 Å². The first-order chi connectivity index (χ1) is 9.38. The summed E-state index contributed by atoms with van der Waals surface area (Å²) in [5.74, 6) is 0.595. The lowest BCUT2D eigenvalue weighted by atomic mass is 10.3. The average molecular weight is 299 g/mol. The molecular formula is C13H21NO5Si. The molecule has 0 fully saturated rings. The predicted molar refractivity (Wildman–Crippen MR) is 78.7 cm³/mol. The Morgan fingerprint density at radius 3 is 2.20 bits per heavy atom. The van der Waals surface area contributed by atoms with Crippen molar-refractivity contribution < 1.29 is 18.8 Å². The van der Waals surface area contributed by atoms with E-state index in [1.807, 2.05) is 0 Å². The average Bonchev–Trinajstić information content (AvgIpc) is 2.37. The highest BCUT2D eigenvalue weighted by Crippen LogP contribution is 2.16. The van der Waals surface area contributed by atoms with E-state index in [-0.39, 0.29) is 5.69 Å². The Labute approximate surface area is 119 Å². The molecule has 0 amide bonds. The molecule has 1 aromatic rings. The highest BCUT2D eigenvalue weighted by atomic mass is 28.4. The monoisotopic (exact) mass is 299 g/mol. The lowest BCUT2D eigenvalue weighted by molar-refractivity contribution is -0.384. The summed E-state index contributed by atoms with van der Waals surface area (Å²) in [6.07, 6.45) is 0. The summed E-state index contributed by atoms with van der Waals surface area (Å²) in [7, 11) is -1.46. The first-order valence-electron chi connectivity index (χ1n) is 6.47. The van der Waals surface area contributed by atoms with Gasteiger partial charge in [0.2, 0.25) is 0 Å². The van der Waals surface area contributed by atoms with Crippen molar-refractivity contribution in [1.82, 2.24) is 0 Å². The minimum atomic E-state index is -1.46. The fourth-order valence-corrected chi connectivity index (χ4v) is 2.09. The first kappa shape index (κ1) is 16.6. The summed E-state index contributed by atoms with van der Waals surface area (Å²) < 4.78 is 16.4. The van der Waals surface area contributed by atoms with Crippen molar-refractivity contribution >= 4 is 14.0 Å². The summed E-state index contributed by atoms with van der Waals surface area (Å²) in [4.78, 5) is 10.0. The summed E-state index contributed by atoms with van der Waals surface area (Å²) in [5.41, 5.74) is 0.0529. The van der Waals surface area contributed by atoms with Crippen LogP contribution >= 0.6 is 0 Å². The van der Waals surface area contributed by atoms with Gasteiger partial charge in [-0.1, -0.05) is 0 Å². The van der Waals surface area contributed by atoms with Gasteiger partial charge in [-0.25, -0.2) is 0 Å². The Morgan fingerprint density at radius 2 is 1.65 bits per heavy atom. The van der Waals surface area contributed by atoms with Crippen molar-refractivity contribution in [3.8, 4) is 5.75 Å². The zero-order valence-electron chi connectivity index (χ0n) is 12.1. The van der Waals surface area contributed by atoms with Crippen molar-refractivity contribution in [2.45, 2.75) is 19.6 Å². The number of nitro benzene ring substituents is 1. The Morgan fingerprint density at radius 1 is 1.05 bits per heavy atom. The second-order valence-corrected chi connectivity index (χ2v) is 9.69. The van der Waals surface area contributed by atoms with Gasteiger partial charge in [0.15, 0.2) is 8.32 Å². The van der Waals surface area contributed by atoms with Gasteiger partial charge in [0.05, 0.1) is 24.7 Å². The molecule has 0 saturated heterocycles. The van der Waals surface area contributed by atoms with E-state index in [1.165, 1.54) is 12.1 Å². The maximum Gasteiger partial charge on any atom is 0.269 e. The van der Waals surface area contributed by atoms with Crippen molar-refractivity contribution in [2.75, 3.05) is 26.4 Å². The van der Waals surface area contributed by atoms with E-state index in [2.05, 4.69) is 19.6 Å². The smallest absolute Gasteiger partial charge is 0.269 e. The van der Waals surface area contributed by atoms with Gasteiger partial charge in [-0.15, -0.1) is 0 Å². The number of nitrogens with zero attached hydrogens (tertiary/aromatic N) is 1. The van der Waals surface area contributed by atoms with Crippen molar-refractivity contribution in [3.63, 3.8) is 0 Å². The Kier molecular flexibility index (Phi) is 6.63. The zero-order chi connectivity index (χ0) is 15.0. The van der Waals surface area contributed by atoms with Crippen LogP contribution in [0, 0.1) is 10.1 Å². The molecule has 0 aliphatic heterocycles. The van der Waals surface area contributed by atoms with Gasteiger partial charge in [0, 0.05) is 12.1 Å². The van der Waals surface area contributed by atoms with E-state index < -0.39 is 13.2 Å². The topological polar surface area (TPSA) is 70.8 Å².